The minimum absolute atomic E-state index is 0.152. The van der Waals surface area contributed by atoms with E-state index >= 15 is 0 Å². The minimum Gasteiger partial charge on any atom is -0.468 e. The Balaban J connectivity index is 2.65. The van der Waals surface area contributed by atoms with Crippen molar-refractivity contribution in [2.24, 2.45) is 5.92 Å². The lowest BCUT2D eigenvalue weighted by atomic mass is 10.0. The van der Waals surface area contributed by atoms with Crippen LogP contribution < -0.4 is 5.32 Å². The van der Waals surface area contributed by atoms with E-state index in [0.717, 1.165) is 26.1 Å². The molecule has 20 heavy (non-hydrogen) atoms. The Kier molecular flexibility index (Phi) is 6.96. The second-order valence-corrected chi connectivity index (χ2v) is 6.63. The number of ether oxygens (including phenoxy) is 1. The first-order valence-electron chi connectivity index (χ1n) is 8.00. The Labute approximate surface area is 124 Å². The van der Waals surface area contributed by atoms with Gasteiger partial charge in [0.05, 0.1) is 7.11 Å². The summed E-state index contributed by atoms with van der Waals surface area (Å²) in [5, 5.41) is 3.38. The van der Waals surface area contributed by atoms with Gasteiger partial charge in [-0.3, -0.25) is 9.69 Å². The van der Waals surface area contributed by atoms with Gasteiger partial charge >= 0.3 is 5.97 Å². The topological polar surface area (TPSA) is 41.6 Å². The molecule has 0 aromatic heterocycles. The van der Waals surface area contributed by atoms with Crippen molar-refractivity contribution in [3.05, 3.63) is 0 Å². The number of carbonyl (C=O) groups excluding carboxylic acids is 1. The SMILES string of the molecule is CCCNC(C)(CN(CCC(C)C)C1CC1)C(=O)OC. The minimum atomic E-state index is -0.593. The average Bonchev–Trinajstić information content (AvgIpc) is 3.24. The second-order valence-electron chi connectivity index (χ2n) is 6.63. The molecule has 1 aliphatic rings. The van der Waals surface area contributed by atoms with E-state index in [1.165, 1.54) is 26.4 Å². The van der Waals surface area contributed by atoms with Gasteiger partial charge in [0.15, 0.2) is 0 Å². The molecule has 1 saturated carbocycles. The fourth-order valence-corrected chi connectivity index (χ4v) is 2.48. The van der Waals surface area contributed by atoms with Crippen molar-refractivity contribution in [2.75, 3.05) is 26.7 Å². The summed E-state index contributed by atoms with van der Waals surface area (Å²) in [5.74, 6) is 0.547. The Morgan fingerprint density at radius 3 is 2.55 bits per heavy atom. The molecule has 1 rings (SSSR count). The Bertz CT molecular complexity index is 303. The van der Waals surface area contributed by atoms with Gasteiger partial charge in [0.1, 0.15) is 5.54 Å². The molecule has 0 amide bonds. The summed E-state index contributed by atoms with van der Waals surface area (Å²) in [6.07, 6.45) is 4.73. The first-order valence-corrected chi connectivity index (χ1v) is 8.00. The molecule has 0 radical (unpaired) electrons. The highest BCUT2D eigenvalue weighted by molar-refractivity contribution is 5.80. The Hall–Kier alpha value is -0.610. The van der Waals surface area contributed by atoms with E-state index in [1.54, 1.807) is 0 Å². The summed E-state index contributed by atoms with van der Waals surface area (Å²) in [6, 6.07) is 0.668. The molecular formula is C16H32N2O2. The fraction of sp³-hybridized carbons (Fsp3) is 0.938. The molecule has 0 aromatic carbocycles. The Morgan fingerprint density at radius 1 is 1.45 bits per heavy atom. The van der Waals surface area contributed by atoms with Crippen LogP contribution in [-0.4, -0.2) is 49.2 Å². The summed E-state index contributed by atoms with van der Waals surface area (Å²) >= 11 is 0. The van der Waals surface area contributed by atoms with Crippen LogP contribution in [0.2, 0.25) is 0 Å². The van der Waals surface area contributed by atoms with Gasteiger partial charge in [-0.05, 0) is 51.6 Å². The lowest BCUT2D eigenvalue weighted by molar-refractivity contribution is -0.148. The van der Waals surface area contributed by atoms with Gasteiger partial charge in [-0.15, -0.1) is 0 Å². The molecule has 0 aromatic rings. The molecule has 118 valence electrons. The maximum Gasteiger partial charge on any atom is 0.327 e. The summed E-state index contributed by atoms with van der Waals surface area (Å²) in [4.78, 5) is 14.6. The zero-order chi connectivity index (χ0) is 15.2. The van der Waals surface area contributed by atoms with Gasteiger partial charge < -0.3 is 10.1 Å². The summed E-state index contributed by atoms with van der Waals surface area (Å²) in [7, 11) is 1.48. The third-order valence-corrected chi connectivity index (χ3v) is 3.98. The van der Waals surface area contributed by atoms with E-state index in [2.05, 4.69) is 31.0 Å². The van der Waals surface area contributed by atoms with Crippen LogP contribution in [0.1, 0.15) is 53.4 Å². The number of carbonyl (C=O) groups is 1. The van der Waals surface area contributed by atoms with E-state index in [-0.39, 0.29) is 5.97 Å². The van der Waals surface area contributed by atoms with Gasteiger partial charge in [-0.2, -0.15) is 0 Å². The highest BCUT2D eigenvalue weighted by Crippen LogP contribution is 2.29. The first-order chi connectivity index (χ1) is 9.42. The molecule has 4 heteroatoms. The van der Waals surface area contributed by atoms with Crippen LogP contribution >= 0.6 is 0 Å². The van der Waals surface area contributed by atoms with Crippen LogP contribution in [-0.2, 0) is 9.53 Å². The molecule has 1 fully saturated rings. The number of nitrogens with one attached hydrogen (secondary N) is 1. The van der Waals surface area contributed by atoms with E-state index in [1.807, 2.05) is 6.92 Å². The predicted octanol–water partition coefficient (Wildman–Crippen LogP) is 2.43. The van der Waals surface area contributed by atoms with Crippen molar-refractivity contribution in [1.82, 2.24) is 10.2 Å². The van der Waals surface area contributed by atoms with Gasteiger partial charge in [-0.25, -0.2) is 0 Å². The molecule has 1 atom stereocenters. The molecule has 0 bridgehead atoms. The van der Waals surface area contributed by atoms with E-state index in [0.29, 0.717) is 12.0 Å². The molecule has 0 heterocycles. The third kappa shape index (κ3) is 5.41. The molecule has 1 unspecified atom stereocenters. The highest BCUT2D eigenvalue weighted by atomic mass is 16.5. The van der Waals surface area contributed by atoms with Crippen LogP contribution in [0.15, 0.2) is 0 Å². The molecule has 0 saturated heterocycles. The number of hydrogen-bond donors (Lipinski definition) is 1. The van der Waals surface area contributed by atoms with E-state index in [4.69, 9.17) is 4.74 Å². The Morgan fingerprint density at radius 2 is 2.10 bits per heavy atom. The molecule has 1 N–H and O–H groups in total. The number of hydrogen-bond acceptors (Lipinski definition) is 4. The standard InChI is InChI=1S/C16H32N2O2/c1-6-10-17-16(4,15(19)20-5)12-18(14-7-8-14)11-9-13(2)3/h13-14,17H,6-12H2,1-5H3. The first kappa shape index (κ1) is 17.4. The van der Waals surface area contributed by atoms with E-state index < -0.39 is 5.54 Å². The zero-order valence-corrected chi connectivity index (χ0v) is 13.9. The largest absolute Gasteiger partial charge is 0.468 e. The number of nitrogens with zero attached hydrogens (tertiary/aromatic N) is 1. The smallest absolute Gasteiger partial charge is 0.327 e. The highest BCUT2D eigenvalue weighted by Gasteiger charge is 2.39. The van der Waals surface area contributed by atoms with Crippen molar-refractivity contribution >= 4 is 5.97 Å². The monoisotopic (exact) mass is 284 g/mol. The molecular weight excluding hydrogens is 252 g/mol. The molecule has 0 spiro atoms. The van der Waals surface area contributed by atoms with Crippen molar-refractivity contribution < 1.29 is 9.53 Å². The summed E-state index contributed by atoms with van der Waals surface area (Å²) in [6.45, 7) is 11.2. The summed E-state index contributed by atoms with van der Waals surface area (Å²) in [5.41, 5.74) is -0.593. The zero-order valence-electron chi connectivity index (χ0n) is 13.9. The summed E-state index contributed by atoms with van der Waals surface area (Å²) < 4.78 is 5.01. The maximum absolute atomic E-state index is 12.1. The van der Waals surface area contributed by atoms with Crippen LogP contribution in [0.4, 0.5) is 0 Å². The number of rotatable bonds is 10. The number of esters is 1. The van der Waals surface area contributed by atoms with Crippen molar-refractivity contribution in [3.8, 4) is 0 Å². The maximum atomic E-state index is 12.1. The normalized spacial score (nSPS) is 18.4. The van der Waals surface area contributed by atoms with Crippen LogP contribution in [0.5, 0.6) is 0 Å². The molecule has 4 nitrogen and oxygen atoms in total. The predicted molar refractivity (Wildman–Crippen MR) is 82.8 cm³/mol. The molecule has 1 aliphatic carbocycles. The second kappa shape index (κ2) is 7.99. The average molecular weight is 284 g/mol. The van der Waals surface area contributed by atoms with Crippen LogP contribution in [0.25, 0.3) is 0 Å². The van der Waals surface area contributed by atoms with Crippen molar-refractivity contribution in [2.45, 2.75) is 65.0 Å². The lowest BCUT2D eigenvalue weighted by Gasteiger charge is -2.34. The van der Waals surface area contributed by atoms with Gasteiger partial charge in [-0.1, -0.05) is 20.8 Å². The molecule has 0 aliphatic heterocycles. The lowest BCUT2D eigenvalue weighted by Crippen LogP contribution is -2.58. The fourth-order valence-electron chi connectivity index (χ4n) is 2.48. The van der Waals surface area contributed by atoms with Crippen LogP contribution in [0.3, 0.4) is 0 Å². The number of methoxy groups -OCH3 is 1. The third-order valence-electron chi connectivity index (χ3n) is 3.98. The van der Waals surface area contributed by atoms with Crippen molar-refractivity contribution in [1.29, 1.82) is 0 Å². The van der Waals surface area contributed by atoms with Gasteiger partial charge in [0, 0.05) is 12.6 Å². The van der Waals surface area contributed by atoms with Gasteiger partial charge in [0.25, 0.3) is 0 Å². The quantitative estimate of drug-likeness (QED) is 0.626. The van der Waals surface area contributed by atoms with Crippen LogP contribution in [0, 0.1) is 5.92 Å². The van der Waals surface area contributed by atoms with E-state index in [9.17, 15) is 4.79 Å². The van der Waals surface area contributed by atoms with Gasteiger partial charge in [0.2, 0.25) is 0 Å². The van der Waals surface area contributed by atoms with Crippen molar-refractivity contribution in [3.63, 3.8) is 0 Å².